The summed E-state index contributed by atoms with van der Waals surface area (Å²) in [4.78, 5) is 4.59. The number of aliphatic hydroxyl groups excluding tert-OH is 1. The van der Waals surface area contributed by atoms with Gasteiger partial charge in [0.2, 0.25) is 5.95 Å². The molecule has 0 saturated carbocycles. The van der Waals surface area contributed by atoms with Crippen LogP contribution in [0.5, 0.6) is 5.75 Å². The van der Waals surface area contributed by atoms with Crippen LogP contribution in [0.15, 0.2) is 18.2 Å². The van der Waals surface area contributed by atoms with Crippen LogP contribution in [0.2, 0.25) is 0 Å². The Morgan fingerprint density at radius 2 is 2.21 bits per heavy atom. The molecule has 104 valence electrons. The Morgan fingerprint density at radius 1 is 1.37 bits per heavy atom. The lowest BCUT2D eigenvalue weighted by molar-refractivity contribution is 0.292. The molecule has 5 nitrogen and oxygen atoms in total. The third kappa shape index (κ3) is 2.98. The lowest BCUT2D eigenvalue weighted by Gasteiger charge is -2.07. The molecule has 0 fully saturated rings. The first-order chi connectivity index (χ1) is 9.30. The molecule has 2 rings (SSSR count). The smallest absolute Gasteiger partial charge is 0.203 e. The highest BCUT2D eigenvalue weighted by atomic mass is 16.5. The van der Waals surface area contributed by atoms with E-state index in [0.717, 1.165) is 42.2 Å². The van der Waals surface area contributed by atoms with Crippen LogP contribution in [0.3, 0.4) is 0 Å². The van der Waals surface area contributed by atoms with Gasteiger partial charge in [-0.3, -0.25) is 0 Å². The van der Waals surface area contributed by atoms with Gasteiger partial charge in [-0.2, -0.15) is 0 Å². The number of benzene rings is 1. The van der Waals surface area contributed by atoms with E-state index < -0.39 is 0 Å². The number of aliphatic hydroxyl groups is 1. The standard InChI is InChI=1S/C14H21N3O2/c1-3-17-13-7-6-11(19-4-2)10-12(13)16-14(17)15-8-5-9-18/h6-7,10,18H,3-5,8-9H2,1-2H3,(H,15,16). The van der Waals surface area contributed by atoms with Crippen LogP contribution in [0.4, 0.5) is 5.95 Å². The summed E-state index contributed by atoms with van der Waals surface area (Å²) < 4.78 is 7.62. The SMILES string of the molecule is CCOc1ccc2c(c1)nc(NCCCO)n2CC. The fourth-order valence-electron chi connectivity index (χ4n) is 2.10. The molecule has 2 N–H and O–H groups in total. The molecule has 19 heavy (non-hydrogen) atoms. The summed E-state index contributed by atoms with van der Waals surface area (Å²) in [5, 5.41) is 12.1. The van der Waals surface area contributed by atoms with E-state index in [1.807, 2.05) is 25.1 Å². The molecule has 0 unspecified atom stereocenters. The van der Waals surface area contributed by atoms with Gasteiger partial charge in [0.15, 0.2) is 0 Å². The van der Waals surface area contributed by atoms with Gasteiger partial charge in [0, 0.05) is 25.8 Å². The summed E-state index contributed by atoms with van der Waals surface area (Å²) >= 11 is 0. The van der Waals surface area contributed by atoms with Gasteiger partial charge in [-0.1, -0.05) is 0 Å². The molecule has 5 heteroatoms. The minimum atomic E-state index is 0.188. The molecule has 0 atom stereocenters. The van der Waals surface area contributed by atoms with Crippen LogP contribution >= 0.6 is 0 Å². The quantitative estimate of drug-likeness (QED) is 0.752. The molecule has 0 amide bonds. The van der Waals surface area contributed by atoms with Gasteiger partial charge in [0.1, 0.15) is 5.75 Å². The van der Waals surface area contributed by atoms with Crippen LogP contribution in [0.25, 0.3) is 11.0 Å². The average molecular weight is 263 g/mol. The average Bonchev–Trinajstić information content (AvgIpc) is 2.76. The molecule has 1 aromatic heterocycles. The fourth-order valence-corrected chi connectivity index (χ4v) is 2.10. The van der Waals surface area contributed by atoms with Gasteiger partial charge >= 0.3 is 0 Å². The number of anilines is 1. The van der Waals surface area contributed by atoms with E-state index in [1.165, 1.54) is 0 Å². The largest absolute Gasteiger partial charge is 0.494 e. The molecule has 0 aliphatic carbocycles. The van der Waals surface area contributed by atoms with Crippen molar-refractivity contribution in [3.8, 4) is 5.75 Å². The first-order valence-corrected chi connectivity index (χ1v) is 6.78. The van der Waals surface area contributed by atoms with E-state index >= 15 is 0 Å². The zero-order chi connectivity index (χ0) is 13.7. The van der Waals surface area contributed by atoms with Crippen molar-refractivity contribution in [3.63, 3.8) is 0 Å². The Hall–Kier alpha value is -1.75. The van der Waals surface area contributed by atoms with Gasteiger partial charge in [-0.25, -0.2) is 4.98 Å². The number of aromatic nitrogens is 2. The number of hydrogen-bond acceptors (Lipinski definition) is 4. The van der Waals surface area contributed by atoms with Gasteiger partial charge in [0.05, 0.1) is 17.6 Å². The van der Waals surface area contributed by atoms with E-state index in [1.54, 1.807) is 0 Å². The molecule has 0 saturated heterocycles. The van der Waals surface area contributed by atoms with E-state index in [9.17, 15) is 0 Å². The third-order valence-electron chi connectivity index (χ3n) is 2.96. The summed E-state index contributed by atoms with van der Waals surface area (Å²) in [5.41, 5.74) is 2.02. The van der Waals surface area contributed by atoms with Crippen molar-refractivity contribution < 1.29 is 9.84 Å². The van der Waals surface area contributed by atoms with E-state index in [4.69, 9.17) is 9.84 Å². The maximum absolute atomic E-state index is 8.82. The normalized spacial score (nSPS) is 10.9. The first-order valence-electron chi connectivity index (χ1n) is 6.78. The Kier molecular flexibility index (Phi) is 4.63. The zero-order valence-corrected chi connectivity index (χ0v) is 11.5. The second-order valence-corrected chi connectivity index (χ2v) is 4.27. The van der Waals surface area contributed by atoms with E-state index in [2.05, 4.69) is 21.8 Å². The van der Waals surface area contributed by atoms with E-state index in [0.29, 0.717) is 6.61 Å². The van der Waals surface area contributed by atoms with Crippen LogP contribution in [0.1, 0.15) is 20.3 Å². The second kappa shape index (κ2) is 6.43. The number of nitrogens with one attached hydrogen (secondary N) is 1. The molecular formula is C14H21N3O2. The molecule has 0 bridgehead atoms. The highest BCUT2D eigenvalue weighted by Crippen LogP contribution is 2.24. The Bertz CT molecular complexity index is 537. The van der Waals surface area contributed by atoms with Gasteiger partial charge in [-0.15, -0.1) is 0 Å². The molecule has 1 heterocycles. The Labute approximate surface area is 113 Å². The van der Waals surface area contributed by atoms with Crippen molar-refractivity contribution in [2.24, 2.45) is 0 Å². The second-order valence-electron chi connectivity index (χ2n) is 4.27. The lowest BCUT2D eigenvalue weighted by Crippen LogP contribution is -2.09. The fraction of sp³-hybridized carbons (Fsp3) is 0.500. The highest BCUT2D eigenvalue weighted by Gasteiger charge is 2.09. The number of imidazole rings is 1. The summed E-state index contributed by atoms with van der Waals surface area (Å²) in [6, 6.07) is 5.97. The number of nitrogens with zero attached hydrogens (tertiary/aromatic N) is 2. The maximum Gasteiger partial charge on any atom is 0.203 e. The number of rotatable bonds is 7. The Morgan fingerprint density at radius 3 is 2.89 bits per heavy atom. The number of ether oxygens (including phenoxy) is 1. The van der Waals surface area contributed by atoms with Crippen molar-refractivity contribution in [3.05, 3.63) is 18.2 Å². The van der Waals surface area contributed by atoms with Crippen molar-refractivity contribution in [1.29, 1.82) is 0 Å². The van der Waals surface area contributed by atoms with Crippen LogP contribution < -0.4 is 10.1 Å². The maximum atomic E-state index is 8.82. The number of aryl methyl sites for hydroxylation is 1. The predicted octanol–water partition coefficient (Wildman–Crippen LogP) is 2.25. The van der Waals surface area contributed by atoms with Gasteiger partial charge < -0.3 is 19.7 Å². The monoisotopic (exact) mass is 263 g/mol. The molecule has 2 aromatic rings. The van der Waals surface area contributed by atoms with Crippen molar-refractivity contribution in [2.45, 2.75) is 26.8 Å². The van der Waals surface area contributed by atoms with E-state index in [-0.39, 0.29) is 6.61 Å². The minimum absolute atomic E-state index is 0.188. The summed E-state index contributed by atoms with van der Waals surface area (Å²) in [5.74, 6) is 1.69. The molecule has 0 radical (unpaired) electrons. The van der Waals surface area contributed by atoms with Crippen LogP contribution in [-0.2, 0) is 6.54 Å². The first kappa shape index (κ1) is 13.7. The topological polar surface area (TPSA) is 59.3 Å². The van der Waals surface area contributed by atoms with Crippen molar-refractivity contribution in [2.75, 3.05) is 25.1 Å². The lowest BCUT2D eigenvalue weighted by atomic mass is 10.3. The van der Waals surface area contributed by atoms with Gasteiger partial charge in [-0.05, 0) is 32.4 Å². The summed E-state index contributed by atoms with van der Waals surface area (Å²) in [6.45, 7) is 6.48. The van der Waals surface area contributed by atoms with Gasteiger partial charge in [0.25, 0.3) is 0 Å². The summed E-state index contributed by atoms with van der Waals surface area (Å²) in [7, 11) is 0. The highest BCUT2D eigenvalue weighted by molar-refractivity contribution is 5.80. The van der Waals surface area contributed by atoms with Crippen molar-refractivity contribution in [1.82, 2.24) is 9.55 Å². The molecule has 1 aromatic carbocycles. The third-order valence-corrected chi connectivity index (χ3v) is 2.96. The summed E-state index contributed by atoms with van der Waals surface area (Å²) in [6.07, 6.45) is 0.719. The molecule has 0 aliphatic heterocycles. The predicted molar refractivity (Wildman–Crippen MR) is 76.8 cm³/mol. The Balaban J connectivity index is 2.30. The number of fused-ring (bicyclic) bond motifs is 1. The molecule has 0 aliphatic rings. The van der Waals surface area contributed by atoms with Crippen LogP contribution in [-0.4, -0.2) is 34.4 Å². The minimum Gasteiger partial charge on any atom is -0.494 e. The number of hydrogen-bond donors (Lipinski definition) is 2. The molecule has 0 spiro atoms. The zero-order valence-electron chi connectivity index (χ0n) is 11.5. The van der Waals surface area contributed by atoms with Crippen LogP contribution in [0, 0.1) is 0 Å². The van der Waals surface area contributed by atoms with Crippen molar-refractivity contribution >= 4 is 17.0 Å². The molecular weight excluding hydrogens is 242 g/mol.